The molecule has 10 heteroatoms. The largest absolute Gasteiger partial charge is 0.436 e. The van der Waals surface area contributed by atoms with E-state index in [-0.39, 0.29) is 28.2 Å². The average Bonchev–Trinajstić information content (AvgIpc) is 2.97. The highest BCUT2D eigenvalue weighted by molar-refractivity contribution is 6.32. The summed E-state index contributed by atoms with van der Waals surface area (Å²) in [5, 5.41) is 6.18. The van der Waals surface area contributed by atoms with Crippen LogP contribution in [0.1, 0.15) is 35.3 Å². The summed E-state index contributed by atoms with van der Waals surface area (Å²) < 4.78 is 19.6. The Morgan fingerprint density at radius 1 is 1.00 bits per heavy atom. The van der Waals surface area contributed by atoms with E-state index in [0.717, 1.165) is 54.7 Å². The summed E-state index contributed by atoms with van der Waals surface area (Å²) in [6, 6.07) is 18.1. The molecule has 42 heavy (non-hydrogen) atoms. The van der Waals surface area contributed by atoms with E-state index in [9.17, 15) is 9.18 Å². The molecule has 2 N–H and O–H groups in total. The van der Waals surface area contributed by atoms with Crippen LogP contribution in [0.4, 0.5) is 27.4 Å². The van der Waals surface area contributed by atoms with Gasteiger partial charge in [-0.25, -0.2) is 9.37 Å². The highest BCUT2D eigenvalue weighted by atomic mass is 35.5. The van der Waals surface area contributed by atoms with Crippen molar-refractivity contribution in [1.82, 2.24) is 14.9 Å². The number of hydrogen-bond donors (Lipinski definition) is 2. The molecule has 0 unspecified atom stereocenters. The number of hydrogen-bond acceptors (Lipinski definition) is 7. The second-order valence-electron chi connectivity index (χ2n) is 10.6. The molecular formula is C32H34ClFN6O2. The van der Waals surface area contributed by atoms with Gasteiger partial charge in [0, 0.05) is 55.5 Å². The highest BCUT2D eigenvalue weighted by Gasteiger charge is 2.21. The third kappa shape index (κ3) is 6.80. The van der Waals surface area contributed by atoms with E-state index in [0.29, 0.717) is 11.7 Å². The molecule has 1 aromatic heterocycles. The highest BCUT2D eigenvalue weighted by Crippen LogP contribution is 2.32. The van der Waals surface area contributed by atoms with Crippen LogP contribution >= 0.6 is 11.6 Å². The Bertz CT molecular complexity index is 1550. The van der Waals surface area contributed by atoms with Crippen molar-refractivity contribution in [3.05, 3.63) is 94.4 Å². The van der Waals surface area contributed by atoms with Crippen LogP contribution in [0.5, 0.6) is 11.6 Å². The number of nitrogens with one attached hydrogen (secondary N) is 2. The summed E-state index contributed by atoms with van der Waals surface area (Å²) in [4.78, 5) is 27.1. The van der Waals surface area contributed by atoms with Gasteiger partial charge in [-0.15, -0.1) is 0 Å². The van der Waals surface area contributed by atoms with Crippen LogP contribution in [0.15, 0.2) is 66.9 Å². The zero-order chi connectivity index (χ0) is 29.8. The number of benzene rings is 3. The Hall–Kier alpha value is -4.21. The Morgan fingerprint density at radius 3 is 2.33 bits per heavy atom. The molecule has 218 valence electrons. The SMILES string of the molecule is Cc1cccc(C)c1NC(=O)c1cnc(Nc2ccc(N3CCN(C(C)C)CC3)cc2)nc1Oc1ccc(F)cc1Cl. The zero-order valence-electron chi connectivity index (χ0n) is 24.1. The normalized spacial score (nSPS) is 13.7. The Balaban J connectivity index is 1.37. The predicted molar refractivity (Wildman–Crippen MR) is 166 cm³/mol. The van der Waals surface area contributed by atoms with Crippen LogP contribution in [-0.4, -0.2) is 53.0 Å². The second kappa shape index (κ2) is 12.8. The van der Waals surface area contributed by atoms with E-state index in [1.807, 2.05) is 44.2 Å². The molecule has 0 spiro atoms. The van der Waals surface area contributed by atoms with Crippen LogP contribution in [0.2, 0.25) is 5.02 Å². The maximum Gasteiger partial charge on any atom is 0.262 e. The fourth-order valence-electron chi connectivity index (χ4n) is 4.90. The number of aryl methyl sites for hydroxylation is 2. The van der Waals surface area contributed by atoms with E-state index in [2.05, 4.69) is 56.4 Å². The monoisotopic (exact) mass is 588 g/mol. The number of aromatic nitrogens is 2. The van der Waals surface area contributed by atoms with Gasteiger partial charge in [-0.05, 0) is 81.3 Å². The number of amides is 1. The molecular weight excluding hydrogens is 555 g/mol. The molecule has 1 aliphatic rings. The van der Waals surface area contributed by atoms with Gasteiger partial charge in [0.2, 0.25) is 11.8 Å². The first-order valence-electron chi connectivity index (χ1n) is 13.9. The number of carbonyl (C=O) groups is 1. The number of halogens is 2. The van der Waals surface area contributed by atoms with Crippen LogP contribution in [-0.2, 0) is 0 Å². The number of rotatable bonds is 8. The number of piperazine rings is 1. The predicted octanol–water partition coefficient (Wildman–Crippen LogP) is 7.20. The third-order valence-corrected chi connectivity index (χ3v) is 7.65. The minimum absolute atomic E-state index is 0.0237. The van der Waals surface area contributed by atoms with Crippen molar-refractivity contribution in [2.75, 3.05) is 41.7 Å². The molecule has 1 amide bonds. The van der Waals surface area contributed by atoms with Crippen molar-refractivity contribution in [2.45, 2.75) is 33.7 Å². The summed E-state index contributed by atoms with van der Waals surface area (Å²) in [5.74, 6) is -0.593. The summed E-state index contributed by atoms with van der Waals surface area (Å²) in [6.07, 6.45) is 1.40. The summed E-state index contributed by atoms with van der Waals surface area (Å²) in [6.45, 7) is 12.3. The lowest BCUT2D eigenvalue weighted by Crippen LogP contribution is -2.48. The van der Waals surface area contributed by atoms with Crippen molar-refractivity contribution < 1.29 is 13.9 Å². The Labute approximate surface area is 250 Å². The fourth-order valence-corrected chi connectivity index (χ4v) is 5.10. The zero-order valence-corrected chi connectivity index (χ0v) is 24.9. The van der Waals surface area contributed by atoms with E-state index < -0.39 is 11.7 Å². The standard InChI is InChI=1S/C32H34ClFN6O2/c1-20(2)39-14-16-40(17-15-39)25-11-9-24(10-12-25)36-32-35-19-26(30(41)37-29-21(3)6-5-7-22(29)4)31(38-32)42-28-13-8-23(34)18-27(28)33/h5-13,18-20H,14-17H2,1-4H3,(H,37,41)(H,35,36,38). The van der Waals surface area contributed by atoms with Crippen LogP contribution < -0.4 is 20.3 Å². The van der Waals surface area contributed by atoms with Gasteiger partial charge in [-0.1, -0.05) is 29.8 Å². The smallest absolute Gasteiger partial charge is 0.262 e. The Morgan fingerprint density at radius 2 is 1.69 bits per heavy atom. The topological polar surface area (TPSA) is 82.6 Å². The first kappa shape index (κ1) is 29.3. The van der Waals surface area contributed by atoms with Crippen LogP contribution in [0.3, 0.4) is 0 Å². The lowest BCUT2D eigenvalue weighted by molar-refractivity contribution is 0.102. The van der Waals surface area contributed by atoms with Crippen molar-refractivity contribution >= 4 is 40.5 Å². The summed E-state index contributed by atoms with van der Waals surface area (Å²) in [7, 11) is 0. The molecule has 4 aromatic rings. The number of nitrogens with zero attached hydrogens (tertiary/aromatic N) is 4. The molecule has 8 nitrogen and oxygen atoms in total. The summed E-state index contributed by atoms with van der Waals surface area (Å²) in [5.41, 5.74) is 4.55. The molecule has 2 heterocycles. The van der Waals surface area contributed by atoms with Crippen LogP contribution in [0, 0.1) is 19.7 Å². The quantitative estimate of drug-likeness (QED) is 0.225. The van der Waals surface area contributed by atoms with Crippen molar-refractivity contribution in [1.29, 1.82) is 0 Å². The van der Waals surface area contributed by atoms with Crippen molar-refractivity contribution in [2.24, 2.45) is 0 Å². The van der Waals surface area contributed by atoms with Gasteiger partial charge in [0.05, 0.1) is 5.02 Å². The summed E-state index contributed by atoms with van der Waals surface area (Å²) >= 11 is 6.22. The number of anilines is 4. The van der Waals surface area contributed by atoms with Gasteiger partial charge in [-0.3, -0.25) is 9.69 Å². The van der Waals surface area contributed by atoms with Crippen molar-refractivity contribution in [3.8, 4) is 11.6 Å². The van der Waals surface area contributed by atoms with Crippen molar-refractivity contribution in [3.63, 3.8) is 0 Å². The van der Waals surface area contributed by atoms with Gasteiger partial charge in [0.15, 0.2) is 0 Å². The van der Waals surface area contributed by atoms with Gasteiger partial charge in [-0.2, -0.15) is 4.98 Å². The van der Waals surface area contributed by atoms with E-state index in [1.165, 1.54) is 18.3 Å². The minimum atomic E-state index is -0.504. The average molecular weight is 589 g/mol. The number of carbonyl (C=O) groups excluding carboxylic acids is 1. The molecule has 0 bridgehead atoms. The Kier molecular flexibility index (Phi) is 8.89. The maximum absolute atomic E-state index is 13.7. The molecule has 5 rings (SSSR count). The number of ether oxygens (including phenoxy) is 1. The molecule has 0 atom stereocenters. The third-order valence-electron chi connectivity index (χ3n) is 7.35. The molecule has 3 aromatic carbocycles. The van der Waals surface area contributed by atoms with E-state index >= 15 is 0 Å². The minimum Gasteiger partial charge on any atom is -0.436 e. The van der Waals surface area contributed by atoms with Gasteiger partial charge < -0.3 is 20.3 Å². The molecule has 0 saturated carbocycles. The van der Waals surface area contributed by atoms with E-state index in [1.54, 1.807) is 0 Å². The van der Waals surface area contributed by atoms with Gasteiger partial charge in [0.25, 0.3) is 5.91 Å². The fraction of sp³-hybridized carbons (Fsp3) is 0.281. The molecule has 1 fully saturated rings. The first-order chi connectivity index (χ1) is 20.2. The van der Waals surface area contributed by atoms with Gasteiger partial charge in [0.1, 0.15) is 17.1 Å². The van der Waals surface area contributed by atoms with Crippen LogP contribution in [0.25, 0.3) is 0 Å². The molecule has 0 aliphatic carbocycles. The maximum atomic E-state index is 13.7. The molecule has 1 saturated heterocycles. The lowest BCUT2D eigenvalue weighted by atomic mass is 10.1. The van der Waals surface area contributed by atoms with Gasteiger partial charge >= 0.3 is 0 Å². The lowest BCUT2D eigenvalue weighted by Gasteiger charge is -2.38. The number of para-hydroxylation sites is 1. The van der Waals surface area contributed by atoms with E-state index in [4.69, 9.17) is 16.3 Å². The molecule has 0 radical (unpaired) electrons. The second-order valence-corrected chi connectivity index (χ2v) is 11.0. The molecule has 1 aliphatic heterocycles. The first-order valence-corrected chi connectivity index (χ1v) is 14.3.